The average molecular weight is 408 g/mol. The lowest BCUT2D eigenvalue weighted by atomic mass is 10.1. The highest BCUT2D eigenvalue weighted by molar-refractivity contribution is 6.00. The molecule has 6 nitrogen and oxygen atoms in total. The zero-order valence-electron chi connectivity index (χ0n) is 16.6. The van der Waals surface area contributed by atoms with Crippen LogP contribution in [0.4, 0.5) is 4.39 Å². The Morgan fingerprint density at radius 2 is 1.55 bits per heavy atom. The van der Waals surface area contributed by atoms with E-state index in [1.54, 1.807) is 18.3 Å². The third kappa shape index (κ3) is 2.90. The number of benzene rings is 2. The fourth-order valence-electron chi connectivity index (χ4n) is 3.97. The maximum absolute atomic E-state index is 13.4. The van der Waals surface area contributed by atoms with Crippen molar-refractivity contribution in [2.24, 2.45) is 0 Å². The topological polar surface area (TPSA) is 86.0 Å². The van der Waals surface area contributed by atoms with Crippen LogP contribution in [-0.2, 0) is 0 Å². The zero-order valence-corrected chi connectivity index (χ0v) is 16.6. The quantitative estimate of drug-likeness (QED) is 0.356. The summed E-state index contributed by atoms with van der Waals surface area (Å²) in [4.78, 5) is 15.6. The van der Waals surface area contributed by atoms with E-state index in [1.807, 2.05) is 37.4 Å². The molecule has 31 heavy (non-hydrogen) atoms. The van der Waals surface area contributed by atoms with E-state index < -0.39 is 0 Å². The Labute approximate surface area is 176 Å². The molecule has 0 aliphatic heterocycles. The van der Waals surface area contributed by atoms with Gasteiger partial charge in [-0.3, -0.25) is 10.1 Å². The molecule has 6 rings (SSSR count). The monoisotopic (exact) mass is 408 g/mol. The number of aryl methyl sites for hydroxylation is 1. The van der Waals surface area contributed by atoms with Crippen LogP contribution in [0.2, 0.25) is 0 Å². The molecule has 4 heterocycles. The molecule has 0 bridgehead atoms. The predicted molar refractivity (Wildman–Crippen MR) is 119 cm³/mol. The lowest BCUT2D eigenvalue weighted by Gasteiger charge is -2.02. The standard InChI is InChI=1S/C24H17FN6/c1-13-27-12-22(28-13)15-4-7-20-17(10-15)24(31-30-20)21-11-18-19(29-21)8-9-26-23(18)14-2-5-16(25)6-3-14/h2-12,29H,1H3,(H,27,28)(H,30,31). The van der Waals surface area contributed by atoms with Gasteiger partial charge in [0.2, 0.25) is 0 Å². The number of aromatic amines is 3. The fraction of sp³-hybridized carbons (Fsp3) is 0.0417. The van der Waals surface area contributed by atoms with Gasteiger partial charge in [-0.1, -0.05) is 6.07 Å². The van der Waals surface area contributed by atoms with Gasteiger partial charge in [0.05, 0.1) is 28.8 Å². The predicted octanol–water partition coefficient (Wildman–Crippen LogP) is 5.61. The van der Waals surface area contributed by atoms with Crippen LogP contribution in [0.25, 0.3) is 55.7 Å². The Balaban J connectivity index is 1.50. The number of pyridine rings is 1. The minimum Gasteiger partial charge on any atom is -0.353 e. The Hall–Kier alpha value is -4.26. The summed E-state index contributed by atoms with van der Waals surface area (Å²) in [6.45, 7) is 1.93. The maximum atomic E-state index is 13.4. The number of aromatic nitrogens is 6. The van der Waals surface area contributed by atoms with Gasteiger partial charge in [-0.2, -0.15) is 5.10 Å². The molecular weight excluding hydrogens is 391 g/mol. The highest BCUT2D eigenvalue weighted by Crippen LogP contribution is 2.34. The first-order valence-electron chi connectivity index (χ1n) is 9.90. The van der Waals surface area contributed by atoms with Crippen molar-refractivity contribution in [2.45, 2.75) is 6.92 Å². The first-order valence-corrected chi connectivity index (χ1v) is 9.90. The molecule has 4 aromatic heterocycles. The van der Waals surface area contributed by atoms with E-state index >= 15 is 0 Å². The SMILES string of the molecule is Cc1ncc(-c2ccc3[nH]nc(-c4cc5c(-c6ccc(F)cc6)nccc5[nH]4)c3c2)[nH]1. The second kappa shape index (κ2) is 6.63. The van der Waals surface area contributed by atoms with Crippen LogP contribution >= 0.6 is 0 Å². The molecular formula is C24H17FN6. The van der Waals surface area contributed by atoms with Crippen molar-refractivity contribution in [3.63, 3.8) is 0 Å². The van der Waals surface area contributed by atoms with E-state index in [9.17, 15) is 4.39 Å². The second-order valence-electron chi connectivity index (χ2n) is 7.53. The number of nitrogens with zero attached hydrogens (tertiary/aromatic N) is 3. The molecule has 0 spiro atoms. The number of hydrogen-bond donors (Lipinski definition) is 3. The molecule has 0 saturated heterocycles. The highest BCUT2D eigenvalue weighted by atomic mass is 19.1. The lowest BCUT2D eigenvalue weighted by Crippen LogP contribution is -1.84. The minimum atomic E-state index is -0.267. The summed E-state index contributed by atoms with van der Waals surface area (Å²) in [5, 5.41) is 9.64. The van der Waals surface area contributed by atoms with E-state index in [1.165, 1.54) is 12.1 Å². The summed E-state index contributed by atoms with van der Waals surface area (Å²) in [5.74, 6) is 0.607. The first-order chi connectivity index (χ1) is 15.2. The maximum Gasteiger partial charge on any atom is 0.123 e. The average Bonchev–Trinajstić information content (AvgIpc) is 3.51. The molecule has 6 aromatic rings. The summed E-state index contributed by atoms with van der Waals surface area (Å²) in [6.07, 6.45) is 3.59. The van der Waals surface area contributed by atoms with Gasteiger partial charge in [0.25, 0.3) is 0 Å². The molecule has 0 aliphatic rings. The summed E-state index contributed by atoms with van der Waals surface area (Å²) in [5.41, 5.74) is 7.28. The minimum absolute atomic E-state index is 0.267. The number of hydrogen-bond acceptors (Lipinski definition) is 3. The van der Waals surface area contributed by atoms with Gasteiger partial charge in [-0.05, 0) is 55.5 Å². The van der Waals surface area contributed by atoms with E-state index in [4.69, 9.17) is 0 Å². The largest absolute Gasteiger partial charge is 0.353 e. The lowest BCUT2D eigenvalue weighted by molar-refractivity contribution is 0.628. The van der Waals surface area contributed by atoms with Gasteiger partial charge >= 0.3 is 0 Å². The summed E-state index contributed by atoms with van der Waals surface area (Å²) in [7, 11) is 0. The fourth-order valence-corrected chi connectivity index (χ4v) is 3.97. The third-order valence-corrected chi connectivity index (χ3v) is 5.50. The van der Waals surface area contributed by atoms with E-state index in [2.05, 4.69) is 36.2 Å². The molecule has 150 valence electrons. The van der Waals surface area contributed by atoms with Gasteiger partial charge in [0.1, 0.15) is 17.3 Å². The smallest absolute Gasteiger partial charge is 0.123 e. The van der Waals surface area contributed by atoms with E-state index in [0.29, 0.717) is 0 Å². The number of halogens is 1. The molecule has 0 aliphatic carbocycles. The van der Waals surface area contributed by atoms with Crippen molar-refractivity contribution in [3.8, 4) is 33.9 Å². The van der Waals surface area contributed by atoms with Gasteiger partial charge < -0.3 is 9.97 Å². The Kier molecular flexibility index (Phi) is 3.76. The summed E-state index contributed by atoms with van der Waals surface area (Å²) < 4.78 is 13.4. The second-order valence-corrected chi connectivity index (χ2v) is 7.53. The van der Waals surface area contributed by atoms with E-state index in [0.717, 1.165) is 61.5 Å². The Morgan fingerprint density at radius 3 is 2.35 bits per heavy atom. The van der Waals surface area contributed by atoms with Crippen molar-refractivity contribution in [1.29, 1.82) is 0 Å². The normalized spacial score (nSPS) is 11.5. The van der Waals surface area contributed by atoms with Crippen LogP contribution in [0, 0.1) is 12.7 Å². The van der Waals surface area contributed by atoms with Gasteiger partial charge in [-0.15, -0.1) is 0 Å². The third-order valence-electron chi connectivity index (χ3n) is 5.50. The molecule has 7 heteroatoms. The van der Waals surface area contributed by atoms with Gasteiger partial charge in [0.15, 0.2) is 0 Å². The van der Waals surface area contributed by atoms with Gasteiger partial charge in [0, 0.05) is 33.6 Å². The van der Waals surface area contributed by atoms with Crippen molar-refractivity contribution in [1.82, 2.24) is 30.1 Å². The number of fused-ring (bicyclic) bond motifs is 2. The molecule has 2 aromatic carbocycles. The van der Waals surface area contributed by atoms with Crippen molar-refractivity contribution >= 4 is 21.8 Å². The van der Waals surface area contributed by atoms with Crippen LogP contribution in [-0.4, -0.2) is 30.1 Å². The number of nitrogens with one attached hydrogen (secondary N) is 3. The molecule has 0 unspecified atom stereocenters. The number of rotatable bonds is 3. The van der Waals surface area contributed by atoms with Crippen molar-refractivity contribution in [2.75, 3.05) is 0 Å². The van der Waals surface area contributed by atoms with Crippen LogP contribution < -0.4 is 0 Å². The molecule has 0 atom stereocenters. The molecule has 0 saturated carbocycles. The zero-order chi connectivity index (χ0) is 20.9. The Morgan fingerprint density at radius 1 is 0.742 bits per heavy atom. The molecule has 0 fully saturated rings. The Bertz CT molecular complexity index is 1550. The highest BCUT2D eigenvalue weighted by Gasteiger charge is 2.15. The van der Waals surface area contributed by atoms with Crippen LogP contribution in [0.3, 0.4) is 0 Å². The summed E-state index contributed by atoms with van der Waals surface area (Å²) >= 11 is 0. The number of imidazole rings is 1. The first kappa shape index (κ1) is 17.6. The van der Waals surface area contributed by atoms with Crippen LogP contribution in [0.15, 0.2) is 67.0 Å². The molecule has 3 N–H and O–H groups in total. The number of H-pyrrole nitrogens is 3. The van der Waals surface area contributed by atoms with Gasteiger partial charge in [-0.25, -0.2) is 9.37 Å². The molecule has 0 radical (unpaired) electrons. The van der Waals surface area contributed by atoms with Crippen molar-refractivity contribution < 1.29 is 4.39 Å². The molecule has 0 amide bonds. The van der Waals surface area contributed by atoms with Crippen molar-refractivity contribution in [3.05, 3.63) is 78.6 Å². The van der Waals surface area contributed by atoms with Crippen LogP contribution in [0.1, 0.15) is 5.82 Å². The van der Waals surface area contributed by atoms with Crippen LogP contribution in [0.5, 0.6) is 0 Å². The summed E-state index contributed by atoms with van der Waals surface area (Å²) in [6, 6.07) is 16.5. The van der Waals surface area contributed by atoms with E-state index in [-0.39, 0.29) is 5.82 Å².